The standard InChI is InChI=1S/C16H23NO6/c1-9-13(18)14(19)15(20)16(22-9)23-12-6-4-11(5-7-12)8-17-10(2)21-3/h4-7,9,13-16,18-20H,8H2,1-3H3/b17-10-. The second kappa shape index (κ2) is 7.74. The minimum atomic E-state index is -1.32. The lowest BCUT2D eigenvalue weighted by molar-refractivity contribution is -0.268. The molecular weight excluding hydrogens is 302 g/mol. The molecule has 23 heavy (non-hydrogen) atoms. The molecule has 0 radical (unpaired) electrons. The summed E-state index contributed by atoms with van der Waals surface area (Å²) in [5.41, 5.74) is 0.975. The third-order valence-corrected chi connectivity index (χ3v) is 3.76. The third-order valence-electron chi connectivity index (χ3n) is 3.76. The highest BCUT2D eigenvalue weighted by Crippen LogP contribution is 2.24. The van der Waals surface area contributed by atoms with Crippen molar-refractivity contribution >= 4 is 5.90 Å². The Kier molecular flexibility index (Phi) is 5.95. The quantitative estimate of drug-likeness (QED) is 0.549. The molecule has 0 aromatic heterocycles. The minimum Gasteiger partial charge on any atom is -0.484 e. The summed E-state index contributed by atoms with van der Waals surface area (Å²) >= 11 is 0. The maximum atomic E-state index is 9.92. The Bertz CT molecular complexity index is 532. The number of aliphatic hydroxyl groups excluding tert-OH is 3. The summed E-state index contributed by atoms with van der Waals surface area (Å²) < 4.78 is 15.9. The first-order valence-electron chi connectivity index (χ1n) is 7.42. The normalized spacial score (nSPS) is 31.7. The predicted octanol–water partition coefficient (Wildman–Crippen LogP) is 0.458. The third kappa shape index (κ3) is 4.42. The van der Waals surface area contributed by atoms with Crippen LogP contribution in [0.2, 0.25) is 0 Å². The summed E-state index contributed by atoms with van der Waals surface area (Å²) in [4.78, 5) is 4.23. The summed E-state index contributed by atoms with van der Waals surface area (Å²) in [6, 6.07) is 7.13. The van der Waals surface area contributed by atoms with Gasteiger partial charge in [-0.15, -0.1) is 0 Å². The second-order valence-corrected chi connectivity index (χ2v) is 5.48. The molecule has 1 saturated heterocycles. The first-order valence-corrected chi connectivity index (χ1v) is 7.42. The number of nitrogens with zero attached hydrogens (tertiary/aromatic N) is 1. The number of hydrogen-bond donors (Lipinski definition) is 3. The Morgan fingerprint density at radius 2 is 1.78 bits per heavy atom. The lowest BCUT2D eigenvalue weighted by atomic mass is 10.00. The summed E-state index contributed by atoms with van der Waals surface area (Å²) in [5, 5.41) is 29.3. The number of methoxy groups -OCH3 is 1. The van der Waals surface area contributed by atoms with E-state index in [0.717, 1.165) is 5.56 Å². The van der Waals surface area contributed by atoms with Crippen LogP contribution in [0.4, 0.5) is 0 Å². The predicted molar refractivity (Wildman–Crippen MR) is 83.2 cm³/mol. The van der Waals surface area contributed by atoms with E-state index in [0.29, 0.717) is 18.2 Å². The van der Waals surface area contributed by atoms with E-state index >= 15 is 0 Å². The van der Waals surface area contributed by atoms with Gasteiger partial charge in [0.05, 0.1) is 19.8 Å². The number of aliphatic hydroxyl groups is 3. The van der Waals surface area contributed by atoms with Crippen molar-refractivity contribution in [2.75, 3.05) is 7.11 Å². The van der Waals surface area contributed by atoms with Gasteiger partial charge >= 0.3 is 0 Å². The lowest BCUT2D eigenvalue weighted by Crippen LogP contribution is -2.58. The van der Waals surface area contributed by atoms with Crippen molar-refractivity contribution in [3.05, 3.63) is 29.8 Å². The molecule has 0 saturated carbocycles. The number of ether oxygens (including phenoxy) is 3. The summed E-state index contributed by atoms with van der Waals surface area (Å²) in [6.45, 7) is 3.87. The number of benzene rings is 1. The fourth-order valence-electron chi connectivity index (χ4n) is 2.19. The zero-order valence-corrected chi connectivity index (χ0v) is 13.4. The topological polar surface area (TPSA) is 101 Å². The highest BCUT2D eigenvalue weighted by Gasteiger charge is 2.43. The number of rotatable bonds is 4. The highest BCUT2D eigenvalue weighted by atomic mass is 16.7. The lowest BCUT2D eigenvalue weighted by Gasteiger charge is -2.38. The van der Waals surface area contributed by atoms with E-state index < -0.39 is 30.7 Å². The molecular formula is C16H23NO6. The van der Waals surface area contributed by atoms with Gasteiger partial charge in [-0.05, 0) is 24.6 Å². The van der Waals surface area contributed by atoms with Crippen LogP contribution >= 0.6 is 0 Å². The van der Waals surface area contributed by atoms with Gasteiger partial charge in [-0.1, -0.05) is 12.1 Å². The molecule has 1 aliphatic heterocycles. The van der Waals surface area contributed by atoms with Crippen LogP contribution in [-0.2, 0) is 16.0 Å². The first kappa shape index (κ1) is 17.7. The Hall–Kier alpha value is -1.67. The molecule has 1 aromatic carbocycles. The van der Waals surface area contributed by atoms with E-state index in [1.807, 2.05) is 12.1 Å². The van der Waals surface area contributed by atoms with Gasteiger partial charge in [0.2, 0.25) is 6.29 Å². The first-order chi connectivity index (χ1) is 10.9. The van der Waals surface area contributed by atoms with Crippen LogP contribution in [0, 0.1) is 0 Å². The molecule has 1 aromatic rings. The van der Waals surface area contributed by atoms with Crippen LogP contribution in [0.1, 0.15) is 19.4 Å². The molecule has 1 aliphatic rings. The molecule has 0 bridgehead atoms. The number of aliphatic imine (C=N–C) groups is 1. The van der Waals surface area contributed by atoms with Crippen molar-refractivity contribution in [2.24, 2.45) is 4.99 Å². The van der Waals surface area contributed by atoms with Crippen molar-refractivity contribution in [1.29, 1.82) is 0 Å². The van der Waals surface area contributed by atoms with Gasteiger partial charge in [0, 0.05) is 6.92 Å². The molecule has 1 fully saturated rings. The molecule has 1 heterocycles. The van der Waals surface area contributed by atoms with Crippen molar-refractivity contribution < 1.29 is 29.5 Å². The molecule has 0 spiro atoms. The highest BCUT2D eigenvalue weighted by molar-refractivity contribution is 5.72. The molecule has 128 valence electrons. The van der Waals surface area contributed by atoms with E-state index in [-0.39, 0.29) is 0 Å². The maximum absolute atomic E-state index is 9.92. The van der Waals surface area contributed by atoms with Gasteiger partial charge in [-0.2, -0.15) is 0 Å². The fourth-order valence-corrected chi connectivity index (χ4v) is 2.19. The Morgan fingerprint density at radius 3 is 2.39 bits per heavy atom. The second-order valence-electron chi connectivity index (χ2n) is 5.48. The van der Waals surface area contributed by atoms with Crippen molar-refractivity contribution in [3.8, 4) is 5.75 Å². The number of hydrogen-bond acceptors (Lipinski definition) is 7. The summed E-state index contributed by atoms with van der Waals surface area (Å²) in [5.74, 6) is 1.09. The van der Waals surface area contributed by atoms with E-state index in [1.54, 1.807) is 33.1 Å². The van der Waals surface area contributed by atoms with E-state index in [4.69, 9.17) is 14.2 Å². The van der Waals surface area contributed by atoms with Gasteiger partial charge in [-0.25, -0.2) is 0 Å². The Morgan fingerprint density at radius 1 is 1.13 bits per heavy atom. The van der Waals surface area contributed by atoms with Crippen LogP contribution in [-0.4, -0.2) is 59.0 Å². The molecule has 5 atom stereocenters. The SMILES string of the molecule is CO/C(C)=N\Cc1ccc(OC2OC(C)C(O)C(O)C2O)cc1. The fraction of sp³-hybridized carbons (Fsp3) is 0.562. The van der Waals surface area contributed by atoms with Gasteiger partial charge in [0.1, 0.15) is 24.1 Å². The molecule has 0 aliphatic carbocycles. The molecule has 0 amide bonds. The average molecular weight is 325 g/mol. The van der Waals surface area contributed by atoms with Crippen LogP contribution in [0.15, 0.2) is 29.3 Å². The van der Waals surface area contributed by atoms with E-state index in [1.165, 1.54) is 0 Å². The smallest absolute Gasteiger partial charge is 0.229 e. The van der Waals surface area contributed by atoms with Crippen molar-refractivity contribution in [2.45, 2.75) is 51.1 Å². The monoisotopic (exact) mass is 325 g/mol. The Balaban J connectivity index is 1.98. The van der Waals surface area contributed by atoms with Gasteiger partial charge in [-0.3, -0.25) is 4.99 Å². The largest absolute Gasteiger partial charge is 0.484 e. The van der Waals surface area contributed by atoms with Gasteiger partial charge < -0.3 is 29.5 Å². The molecule has 3 N–H and O–H groups in total. The van der Waals surface area contributed by atoms with Crippen molar-refractivity contribution in [1.82, 2.24) is 0 Å². The molecule has 7 nitrogen and oxygen atoms in total. The summed E-state index contributed by atoms with van der Waals surface area (Å²) in [6.07, 6.45) is -5.45. The van der Waals surface area contributed by atoms with E-state index in [2.05, 4.69) is 4.99 Å². The zero-order valence-electron chi connectivity index (χ0n) is 13.4. The van der Waals surface area contributed by atoms with E-state index in [9.17, 15) is 15.3 Å². The van der Waals surface area contributed by atoms with Gasteiger partial charge in [0.15, 0.2) is 5.90 Å². The molecule has 7 heteroatoms. The van der Waals surface area contributed by atoms with Crippen LogP contribution < -0.4 is 4.74 Å². The average Bonchev–Trinajstić information content (AvgIpc) is 2.56. The zero-order chi connectivity index (χ0) is 17.0. The minimum absolute atomic E-state index is 0.487. The molecule has 2 rings (SSSR count). The molecule has 5 unspecified atom stereocenters. The van der Waals surface area contributed by atoms with Gasteiger partial charge in [0.25, 0.3) is 0 Å². The van der Waals surface area contributed by atoms with Crippen LogP contribution in [0.25, 0.3) is 0 Å². The van der Waals surface area contributed by atoms with Crippen molar-refractivity contribution in [3.63, 3.8) is 0 Å². The van der Waals surface area contributed by atoms with Crippen LogP contribution in [0.3, 0.4) is 0 Å². The maximum Gasteiger partial charge on any atom is 0.229 e. The summed E-state index contributed by atoms with van der Waals surface area (Å²) in [7, 11) is 1.57. The van der Waals surface area contributed by atoms with Crippen LogP contribution in [0.5, 0.6) is 5.75 Å². The Labute approximate surface area is 135 Å².